The van der Waals surface area contributed by atoms with Crippen LogP contribution in [0.4, 0.5) is 0 Å². The lowest BCUT2D eigenvalue weighted by Crippen LogP contribution is -2.12. The molecule has 3 nitrogen and oxygen atoms in total. The molecule has 19 heavy (non-hydrogen) atoms. The minimum atomic E-state index is -0.0506. The van der Waals surface area contributed by atoms with Gasteiger partial charge in [-0.15, -0.1) is 11.3 Å². The van der Waals surface area contributed by atoms with E-state index in [0.29, 0.717) is 5.75 Å². The van der Waals surface area contributed by atoms with Crippen LogP contribution in [-0.4, -0.2) is 14.2 Å². The molecule has 0 spiro atoms. The molecule has 2 N–H and O–H groups in total. The summed E-state index contributed by atoms with van der Waals surface area (Å²) in [7, 11) is 3.25. The fourth-order valence-corrected chi connectivity index (χ4v) is 3.42. The number of benzene rings is 1. The van der Waals surface area contributed by atoms with Crippen molar-refractivity contribution in [2.24, 2.45) is 5.73 Å². The van der Waals surface area contributed by atoms with Gasteiger partial charge in [-0.2, -0.15) is 0 Å². The third-order valence-corrected chi connectivity index (χ3v) is 4.53. The second-order valence-corrected chi connectivity index (χ2v) is 6.68. The van der Waals surface area contributed by atoms with Crippen molar-refractivity contribution in [3.63, 3.8) is 0 Å². The normalized spacial score (nSPS) is 12.2. The molecule has 0 saturated carbocycles. The molecule has 1 aromatic heterocycles. The molecular formula is C14H16BrNO2S. The summed E-state index contributed by atoms with van der Waals surface area (Å²) in [6.45, 7) is 0. The summed E-state index contributed by atoms with van der Waals surface area (Å²) in [5, 5.41) is 0. The van der Waals surface area contributed by atoms with Crippen molar-refractivity contribution in [1.29, 1.82) is 0 Å². The Kier molecular flexibility index (Phi) is 4.85. The predicted octanol–water partition coefficient (Wildman–Crippen LogP) is 3.77. The summed E-state index contributed by atoms with van der Waals surface area (Å²) in [5.74, 6) is 1.43. The van der Waals surface area contributed by atoms with E-state index in [1.807, 2.05) is 24.3 Å². The molecule has 1 heterocycles. The zero-order valence-corrected chi connectivity index (χ0v) is 13.3. The number of halogens is 1. The van der Waals surface area contributed by atoms with Crippen molar-refractivity contribution >= 4 is 27.3 Å². The molecule has 2 rings (SSSR count). The van der Waals surface area contributed by atoms with E-state index in [1.54, 1.807) is 25.6 Å². The summed E-state index contributed by atoms with van der Waals surface area (Å²) < 4.78 is 11.6. The fourth-order valence-electron chi connectivity index (χ4n) is 1.88. The van der Waals surface area contributed by atoms with Crippen molar-refractivity contribution in [2.45, 2.75) is 12.5 Å². The highest BCUT2D eigenvalue weighted by Crippen LogP contribution is 2.31. The van der Waals surface area contributed by atoms with Crippen molar-refractivity contribution in [2.75, 3.05) is 14.2 Å². The van der Waals surface area contributed by atoms with Gasteiger partial charge in [0.1, 0.15) is 0 Å². The molecule has 102 valence electrons. The number of nitrogens with two attached hydrogens (primary N) is 1. The largest absolute Gasteiger partial charge is 0.493 e. The standard InChI is InChI=1S/C14H16BrNO2S/c1-17-12-5-3-9(7-13(12)18-2)11(16)8-10-4-6-14(15)19-10/h3-7,11H,8,16H2,1-2H3. The maximum absolute atomic E-state index is 6.25. The van der Waals surface area contributed by atoms with Crippen molar-refractivity contribution in [1.82, 2.24) is 0 Å². The van der Waals surface area contributed by atoms with Gasteiger partial charge in [0, 0.05) is 17.3 Å². The smallest absolute Gasteiger partial charge is 0.161 e. The van der Waals surface area contributed by atoms with Crippen molar-refractivity contribution < 1.29 is 9.47 Å². The van der Waals surface area contributed by atoms with Gasteiger partial charge >= 0.3 is 0 Å². The van der Waals surface area contributed by atoms with E-state index < -0.39 is 0 Å². The van der Waals surface area contributed by atoms with Crippen LogP contribution in [0.3, 0.4) is 0 Å². The molecule has 2 aromatic rings. The number of ether oxygens (including phenoxy) is 2. The maximum atomic E-state index is 6.25. The quantitative estimate of drug-likeness (QED) is 0.900. The van der Waals surface area contributed by atoms with Gasteiger partial charge in [0.05, 0.1) is 18.0 Å². The van der Waals surface area contributed by atoms with Gasteiger partial charge in [0.2, 0.25) is 0 Å². The molecule has 0 bridgehead atoms. The van der Waals surface area contributed by atoms with Gasteiger partial charge in [0.25, 0.3) is 0 Å². The Balaban J connectivity index is 2.16. The van der Waals surface area contributed by atoms with E-state index in [1.165, 1.54) is 4.88 Å². The highest BCUT2D eigenvalue weighted by atomic mass is 79.9. The highest BCUT2D eigenvalue weighted by Gasteiger charge is 2.12. The number of rotatable bonds is 5. The maximum Gasteiger partial charge on any atom is 0.161 e. The summed E-state index contributed by atoms with van der Waals surface area (Å²) in [4.78, 5) is 1.26. The summed E-state index contributed by atoms with van der Waals surface area (Å²) in [6.07, 6.45) is 0.811. The van der Waals surface area contributed by atoms with Crippen molar-refractivity contribution in [3.8, 4) is 11.5 Å². The van der Waals surface area contributed by atoms with Gasteiger partial charge in [-0.3, -0.25) is 0 Å². The average Bonchev–Trinajstić information content (AvgIpc) is 2.83. The van der Waals surface area contributed by atoms with Crippen LogP contribution in [0.15, 0.2) is 34.1 Å². The van der Waals surface area contributed by atoms with Gasteiger partial charge in [-0.25, -0.2) is 0 Å². The Bertz CT molecular complexity index is 556. The first-order valence-electron chi connectivity index (χ1n) is 5.85. The fraction of sp³-hybridized carbons (Fsp3) is 0.286. The lowest BCUT2D eigenvalue weighted by molar-refractivity contribution is 0.354. The topological polar surface area (TPSA) is 44.5 Å². The predicted molar refractivity (Wildman–Crippen MR) is 82.2 cm³/mol. The molecule has 1 unspecified atom stereocenters. The first-order valence-corrected chi connectivity index (χ1v) is 7.46. The van der Waals surface area contributed by atoms with Gasteiger partial charge in [-0.1, -0.05) is 6.07 Å². The monoisotopic (exact) mass is 341 g/mol. The van der Waals surface area contributed by atoms with Crippen LogP contribution >= 0.6 is 27.3 Å². The van der Waals surface area contributed by atoms with E-state index in [0.717, 1.165) is 21.5 Å². The molecule has 0 aliphatic rings. The molecule has 1 atom stereocenters. The zero-order chi connectivity index (χ0) is 13.8. The number of hydrogen-bond donors (Lipinski definition) is 1. The van der Waals surface area contributed by atoms with Gasteiger partial charge < -0.3 is 15.2 Å². The first-order chi connectivity index (χ1) is 9.13. The van der Waals surface area contributed by atoms with Crippen LogP contribution in [-0.2, 0) is 6.42 Å². The molecular weight excluding hydrogens is 326 g/mol. The highest BCUT2D eigenvalue weighted by molar-refractivity contribution is 9.11. The first kappa shape index (κ1) is 14.4. The summed E-state index contributed by atoms with van der Waals surface area (Å²) >= 11 is 5.17. The van der Waals surface area contributed by atoms with Crippen LogP contribution < -0.4 is 15.2 Å². The molecule has 0 aliphatic carbocycles. The summed E-state index contributed by atoms with van der Waals surface area (Å²) in [5.41, 5.74) is 7.29. The Hall–Kier alpha value is -1.04. The zero-order valence-electron chi connectivity index (χ0n) is 10.9. The minimum Gasteiger partial charge on any atom is -0.493 e. The molecule has 1 aromatic carbocycles. The van der Waals surface area contributed by atoms with Gasteiger partial charge in [0.15, 0.2) is 11.5 Å². The Morgan fingerprint density at radius 3 is 2.47 bits per heavy atom. The van der Waals surface area contributed by atoms with E-state index in [-0.39, 0.29) is 6.04 Å². The molecule has 0 radical (unpaired) electrons. The Morgan fingerprint density at radius 2 is 1.89 bits per heavy atom. The second-order valence-electron chi connectivity index (χ2n) is 4.13. The molecule has 0 amide bonds. The van der Waals surface area contributed by atoms with E-state index in [9.17, 15) is 0 Å². The second kappa shape index (κ2) is 6.41. The van der Waals surface area contributed by atoms with Crippen LogP contribution in [0.2, 0.25) is 0 Å². The van der Waals surface area contributed by atoms with E-state index >= 15 is 0 Å². The number of hydrogen-bond acceptors (Lipinski definition) is 4. The van der Waals surface area contributed by atoms with Crippen molar-refractivity contribution in [3.05, 3.63) is 44.6 Å². The average molecular weight is 342 g/mol. The van der Waals surface area contributed by atoms with Crippen LogP contribution in [0.25, 0.3) is 0 Å². The molecule has 5 heteroatoms. The van der Waals surface area contributed by atoms with Crippen LogP contribution in [0.1, 0.15) is 16.5 Å². The van der Waals surface area contributed by atoms with Gasteiger partial charge in [-0.05, 0) is 45.8 Å². The lowest BCUT2D eigenvalue weighted by Gasteiger charge is -2.14. The van der Waals surface area contributed by atoms with E-state index in [2.05, 4.69) is 22.0 Å². The number of thiophene rings is 1. The van der Waals surface area contributed by atoms with E-state index in [4.69, 9.17) is 15.2 Å². The Morgan fingerprint density at radius 1 is 1.16 bits per heavy atom. The Labute approximate surface area is 125 Å². The molecule has 0 fully saturated rings. The minimum absolute atomic E-state index is 0.0506. The SMILES string of the molecule is COc1ccc(C(N)Cc2ccc(Br)s2)cc1OC. The molecule has 0 saturated heterocycles. The van der Waals surface area contributed by atoms with Crippen LogP contribution in [0, 0.1) is 0 Å². The third-order valence-electron chi connectivity index (χ3n) is 2.89. The summed E-state index contributed by atoms with van der Waals surface area (Å²) in [6, 6.07) is 9.89. The lowest BCUT2D eigenvalue weighted by atomic mass is 10.0. The molecule has 0 aliphatic heterocycles. The van der Waals surface area contributed by atoms with Crippen LogP contribution in [0.5, 0.6) is 11.5 Å². The number of methoxy groups -OCH3 is 2. The third kappa shape index (κ3) is 3.49.